The Kier molecular flexibility index (Phi) is 4.47. The van der Waals surface area contributed by atoms with Gasteiger partial charge in [0.05, 0.1) is 0 Å². The number of benzene rings is 1. The molecule has 0 aromatic heterocycles. The molecule has 78 valence electrons. The zero-order chi connectivity index (χ0) is 10.4. The number of methoxy groups -OCH3 is 1. The van der Waals surface area contributed by atoms with Gasteiger partial charge in [-0.3, -0.25) is 0 Å². The molecular weight excluding hydrogens is 176 g/mol. The summed E-state index contributed by atoms with van der Waals surface area (Å²) in [5.74, 6) is 1.48. The Morgan fingerprint density at radius 1 is 1.21 bits per heavy atom. The van der Waals surface area contributed by atoms with Crippen LogP contribution < -0.4 is 4.74 Å². The van der Waals surface area contributed by atoms with E-state index in [1.54, 1.807) is 7.11 Å². The maximum Gasteiger partial charge on any atom is 0.188 e. The van der Waals surface area contributed by atoms with Crippen LogP contribution in [0.4, 0.5) is 0 Å². The summed E-state index contributed by atoms with van der Waals surface area (Å²) in [5.41, 5.74) is 1.36. The number of ether oxygens (including phenoxy) is 2. The van der Waals surface area contributed by atoms with Gasteiger partial charge in [-0.25, -0.2) is 0 Å². The van der Waals surface area contributed by atoms with Gasteiger partial charge in [0.2, 0.25) is 0 Å². The summed E-state index contributed by atoms with van der Waals surface area (Å²) in [7, 11) is 1.62. The summed E-state index contributed by atoms with van der Waals surface area (Å²) >= 11 is 0. The van der Waals surface area contributed by atoms with E-state index in [-0.39, 0.29) is 0 Å². The van der Waals surface area contributed by atoms with Gasteiger partial charge in [-0.2, -0.15) is 0 Å². The quantitative estimate of drug-likeness (QED) is 0.670. The second kappa shape index (κ2) is 5.66. The largest absolute Gasteiger partial charge is 0.468 e. The van der Waals surface area contributed by atoms with Crippen LogP contribution in [0.5, 0.6) is 5.75 Å². The van der Waals surface area contributed by atoms with Crippen LogP contribution in [0, 0.1) is 0 Å². The van der Waals surface area contributed by atoms with Crippen molar-refractivity contribution in [1.29, 1.82) is 0 Å². The molecule has 1 atom stereocenters. The molecule has 0 aliphatic heterocycles. The first kappa shape index (κ1) is 11.1. The summed E-state index contributed by atoms with van der Waals surface area (Å²) < 4.78 is 10.1. The SMILES string of the molecule is CCC(C)c1ccc(OCOC)cc1. The molecule has 2 nitrogen and oxygen atoms in total. The zero-order valence-corrected chi connectivity index (χ0v) is 9.12. The highest BCUT2D eigenvalue weighted by Crippen LogP contribution is 2.21. The molecule has 0 saturated heterocycles. The third-order valence-corrected chi connectivity index (χ3v) is 2.40. The molecule has 14 heavy (non-hydrogen) atoms. The van der Waals surface area contributed by atoms with Crippen LogP contribution in [-0.2, 0) is 4.74 Å². The van der Waals surface area contributed by atoms with Gasteiger partial charge >= 0.3 is 0 Å². The van der Waals surface area contributed by atoms with E-state index in [2.05, 4.69) is 26.0 Å². The van der Waals surface area contributed by atoms with Crippen molar-refractivity contribution in [3.8, 4) is 5.75 Å². The molecule has 2 heteroatoms. The van der Waals surface area contributed by atoms with Crippen molar-refractivity contribution >= 4 is 0 Å². The standard InChI is InChI=1S/C12H18O2/c1-4-10(2)11-5-7-12(8-6-11)14-9-13-3/h5-8,10H,4,9H2,1-3H3. The lowest BCUT2D eigenvalue weighted by atomic mass is 9.99. The molecule has 0 fully saturated rings. The maximum atomic E-state index is 5.30. The highest BCUT2D eigenvalue weighted by molar-refractivity contribution is 5.28. The highest BCUT2D eigenvalue weighted by atomic mass is 16.7. The van der Waals surface area contributed by atoms with Gasteiger partial charge in [0.15, 0.2) is 6.79 Å². The lowest BCUT2D eigenvalue weighted by Gasteiger charge is -2.10. The van der Waals surface area contributed by atoms with Crippen molar-refractivity contribution in [2.75, 3.05) is 13.9 Å². The Bertz CT molecular complexity index is 254. The Hall–Kier alpha value is -1.02. The number of hydrogen-bond donors (Lipinski definition) is 0. The van der Waals surface area contributed by atoms with E-state index in [9.17, 15) is 0 Å². The second-order valence-corrected chi connectivity index (χ2v) is 3.43. The summed E-state index contributed by atoms with van der Waals surface area (Å²) in [6.45, 7) is 4.73. The second-order valence-electron chi connectivity index (χ2n) is 3.43. The summed E-state index contributed by atoms with van der Waals surface area (Å²) in [4.78, 5) is 0. The first-order valence-electron chi connectivity index (χ1n) is 4.99. The third-order valence-electron chi connectivity index (χ3n) is 2.40. The smallest absolute Gasteiger partial charge is 0.188 e. The number of hydrogen-bond acceptors (Lipinski definition) is 2. The van der Waals surface area contributed by atoms with Crippen LogP contribution >= 0.6 is 0 Å². The van der Waals surface area contributed by atoms with Crippen molar-refractivity contribution in [2.24, 2.45) is 0 Å². The van der Waals surface area contributed by atoms with Crippen molar-refractivity contribution in [3.05, 3.63) is 29.8 Å². The predicted octanol–water partition coefficient (Wildman–Crippen LogP) is 3.18. The lowest BCUT2D eigenvalue weighted by Crippen LogP contribution is -1.99. The zero-order valence-electron chi connectivity index (χ0n) is 9.12. The minimum Gasteiger partial charge on any atom is -0.468 e. The fourth-order valence-corrected chi connectivity index (χ4v) is 1.26. The molecule has 0 amide bonds. The van der Waals surface area contributed by atoms with Crippen LogP contribution in [-0.4, -0.2) is 13.9 Å². The summed E-state index contributed by atoms with van der Waals surface area (Å²) in [6, 6.07) is 8.19. The van der Waals surface area contributed by atoms with Gasteiger partial charge in [0.25, 0.3) is 0 Å². The van der Waals surface area contributed by atoms with Crippen molar-refractivity contribution in [1.82, 2.24) is 0 Å². The molecule has 0 heterocycles. The minimum absolute atomic E-state index is 0.308. The molecule has 0 aliphatic rings. The molecule has 1 rings (SSSR count). The molecule has 0 aliphatic carbocycles. The van der Waals surface area contributed by atoms with Crippen LogP contribution in [0.2, 0.25) is 0 Å². The van der Waals surface area contributed by atoms with Crippen LogP contribution in [0.1, 0.15) is 31.7 Å². The fraction of sp³-hybridized carbons (Fsp3) is 0.500. The highest BCUT2D eigenvalue weighted by Gasteiger charge is 2.02. The molecular formula is C12H18O2. The topological polar surface area (TPSA) is 18.5 Å². The van der Waals surface area contributed by atoms with Gasteiger partial charge < -0.3 is 9.47 Å². The molecule has 1 aromatic rings. The fourth-order valence-electron chi connectivity index (χ4n) is 1.26. The average molecular weight is 194 g/mol. The van der Waals surface area contributed by atoms with Gasteiger partial charge in [0.1, 0.15) is 5.75 Å². The first-order valence-corrected chi connectivity index (χ1v) is 4.99. The van der Waals surface area contributed by atoms with E-state index >= 15 is 0 Å². The van der Waals surface area contributed by atoms with Crippen molar-refractivity contribution in [2.45, 2.75) is 26.2 Å². The average Bonchev–Trinajstić information content (AvgIpc) is 2.26. The Morgan fingerprint density at radius 3 is 2.36 bits per heavy atom. The number of rotatable bonds is 5. The maximum absolute atomic E-state index is 5.30. The molecule has 0 spiro atoms. The third kappa shape index (κ3) is 3.04. The Morgan fingerprint density at radius 2 is 1.86 bits per heavy atom. The minimum atomic E-state index is 0.308. The summed E-state index contributed by atoms with van der Waals surface area (Å²) in [6.07, 6.45) is 1.16. The van der Waals surface area contributed by atoms with Crippen LogP contribution in [0.25, 0.3) is 0 Å². The van der Waals surface area contributed by atoms with Crippen LogP contribution in [0.3, 0.4) is 0 Å². The molecule has 1 unspecified atom stereocenters. The lowest BCUT2D eigenvalue weighted by molar-refractivity contribution is 0.0511. The molecule has 0 saturated carbocycles. The van der Waals surface area contributed by atoms with E-state index < -0.39 is 0 Å². The first-order chi connectivity index (χ1) is 6.77. The van der Waals surface area contributed by atoms with Gasteiger partial charge in [0, 0.05) is 7.11 Å². The monoisotopic (exact) mass is 194 g/mol. The van der Waals surface area contributed by atoms with Crippen molar-refractivity contribution in [3.63, 3.8) is 0 Å². The van der Waals surface area contributed by atoms with E-state index in [1.165, 1.54) is 5.56 Å². The molecule has 0 N–H and O–H groups in total. The van der Waals surface area contributed by atoms with Crippen LogP contribution in [0.15, 0.2) is 24.3 Å². The van der Waals surface area contributed by atoms with Gasteiger partial charge in [-0.05, 0) is 30.0 Å². The predicted molar refractivity (Wildman–Crippen MR) is 57.7 cm³/mol. The summed E-state index contributed by atoms with van der Waals surface area (Å²) in [5, 5.41) is 0. The Labute approximate surface area is 85.8 Å². The van der Waals surface area contributed by atoms with Gasteiger partial charge in [-0.1, -0.05) is 26.0 Å². The molecule has 1 aromatic carbocycles. The van der Waals surface area contributed by atoms with E-state index in [0.29, 0.717) is 12.7 Å². The molecule has 0 radical (unpaired) electrons. The van der Waals surface area contributed by atoms with E-state index in [1.807, 2.05) is 12.1 Å². The normalized spacial score (nSPS) is 12.5. The Balaban J connectivity index is 2.59. The van der Waals surface area contributed by atoms with Gasteiger partial charge in [-0.15, -0.1) is 0 Å². The van der Waals surface area contributed by atoms with Crippen molar-refractivity contribution < 1.29 is 9.47 Å². The molecule has 0 bridgehead atoms. The van der Waals surface area contributed by atoms with E-state index in [4.69, 9.17) is 9.47 Å². The van der Waals surface area contributed by atoms with E-state index in [0.717, 1.165) is 12.2 Å².